The highest BCUT2D eigenvalue weighted by molar-refractivity contribution is 5.98. The van der Waals surface area contributed by atoms with Gasteiger partial charge in [0.2, 0.25) is 11.8 Å². The number of carbonyl (C=O) groups excluding carboxylic acids is 3. The van der Waals surface area contributed by atoms with Crippen molar-refractivity contribution >= 4 is 17.7 Å². The van der Waals surface area contributed by atoms with Gasteiger partial charge in [-0.15, -0.1) is 0 Å². The number of benzene rings is 2. The summed E-state index contributed by atoms with van der Waals surface area (Å²) < 4.78 is 11.5. The highest BCUT2D eigenvalue weighted by Crippen LogP contribution is 2.39. The van der Waals surface area contributed by atoms with Gasteiger partial charge in [-0.25, -0.2) is 0 Å². The first-order valence-corrected chi connectivity index (χ1v) is 13.1. The van der Waals surface area contributed by atoms with E-state index in [1.165, 1.54) is 0 Å². The molecule has 2 aliphatic heterocycles. The maximum absolute atomic E-state index is 13.9. The Bertz CT molecular complexity index is 1290. The van der Waals surface area contributed by atoms with E-state index in [2.05, 4.69) is 10.3 Å². The van der Waals surface area contributed by atoms with E-state index in [0.717, 1.165) is 11.1 Å². The van der Waals surface area contributed by atoms with Gasteiger partial charge in [-0.3, -0.25) is 24.3 Å². The Labute approximate surface area is 227 Å². The predicted octanol–water partition coefficient (Wildman–Crippen LogP) is 2.81. The van der Waals surface area contributed by atoms with Crippen molar-refractivity contribution < 1.29 is 23.9 Å². The van der Waals surface area contributed by atoms with E-state index in [9.17, 15) is 14.4 Å². The molecule has 3 aromatic rings. The van der Waals surface area contributed by atoms with Gasteiger partial charge in [0.05, 0.1) is 20.1 Å². The van der Waals surface area contributed by atoms with E-state index in [-0.39, 0.29) is 24.3 Å². The van der Waals surface area contributed by atoms with Crippen molar-refractivity contribution in [2.24, 2.45) is 0 Å². The van der Waals surface area contributed by atoms with Crippen LogP contribution in [0.3, 0.4) is 0 Å². The monoisotopic (exact) mass is 528 g/mol. The van der Waals surface area contributed by atoms with E-state index >= 15 is 0 Å². The average Bonchev–Trinajstić information content (AvgIpc) is 3.35. The molecule has 1 atom stereocenters. The molecule has 0 radical (unpaired) electrons. The standard InChI is InChI=1S/C30H32N4O5/c1-38-25-11-9-24(10-12-25)29(37)34-26(28(36)32-20-23-8-5-15-31-19-23)21-39-30(34)13-16-33(17-14-30)27(35)18-22-6-3-2-4-7-22/h2-12,15,19,26H,13-14,16-18,20-21H2,1H3,(H,32,36)/t26-/m0/s1. The molecule has 5 rings (SSSR count). The van der Waals surface area contributed by atoms with Crippen LogP contribution < -0.4 is 10.1 Å². The summed E-state index contributed by atoms with van der Waals surface area (Å²) in [7, 11) is 1.57. The maximum Gasteiger partial charge on any atom is 0.256 e. The predicted molar refractivity (Wildman–Crippen MR) is 144 cm³/mol. The molecule has 1 N–H and O–H groups in total. The van der Waals surface area contributed by atoms with E-state index in [1.807, 2.05) is 47.4 Å². The number of hydrogen-bond donors (Lipinski definition) is 1. The van der Waals surface area contributed by atoms with Crippen LogP contribution in [-0.2, 0) is 27.3 Å². The number of piperidine rings is 1. The molecule has 1 aromatic heterocycles. The third-order valence-corrected chi connectivity index (χ3v) is 7.40. The van der Waals surface area contributed by atoms with Gasteiger partial charge in [-0.1, -0.05) is 36.4 Å². The smallest absolute Gasteiger partial charge is 0.256 e. The Morgan fingerprint density at radius 2 is 1.72 bits per heavy atom. The summed E-state index contributed by atoms with van der Waals surface area (Å²) in [6, 6.07) is 19.3. The molecule has 39 heavy (non-hydrogen) atoms. The molecule has 2 fully saturated rings. The molecular formula is C30H32N4O5. The lowest BCUT2D eigenvalue weighted by molar-refractivity contribution is -0.143. The van der Waals surface area contributed by atoms with Crippen LogP contribution in [0.1, 0.15) is 34.3 Å². The first-order valence-electron chi connectivity index (χ1n) is 13.1. The first kappa shape index (κ1) is 26.4. The normalized spacial score (nSPS) is 18.1. The Morgan fingerprint density at radius 1 is 1.00 bits per heavy atom. The molecule has 9 nitrogen and oxygen atoms in total. The van der Waals surface area contributed by atoms with Gasteiger partial charge in [0, 0.05) is 50.4 Å². The number of rotatable bonds is 7. The molecule has 0 saturated carbocycles. The number of carbonyl (C=O) groups is 3. The van der Waals surface area contributed by atoms with Crippen molar-refractivity contribution in [3.05, 3.63) is 95.8 Å². The molecule has 202 valence electrons. The highest BCUT2D eigenvalue weighted by Gasteiger charge is 2.54. The molecular weight excluding hydrogens is 496 g/mol. The van der Waals surface area contributed by atoms with E-state index in [1.54, 1.807) is 48.7 Å². The third kappa shape index (κ3) is 5.78. The van der Waals surface area contributed by atoms with Crippen LogP contribution in [0.25, 0.3) is 0 Å². The van der Waals surface area contributed by atoms with Gasteiger partial charge in [0.1, 0.15) is 17.5 Å². The topological polar surface area (TPSA) is 101 Å². The van der Waals surface area contributed by atoms with E-state index < -0.39 is 11.8 Å². The molecule has 2 aliphatic rings. The fourth-order valence-corrected chi connectivity index (χ4v) is 5.24. The minimum absolute atomic E-state index is 0.0350. The zero-order valence-corrected chi connectivity index (χ0v) is 21.9. The SMILES string of the molecule is COc1ccc(C(=O)N2[C@H](C(=O)NCc3cccnc3)COC23CCN(C(=O)Cc2ccccc2)CC3)cc1. The number of likely N-dealkylation sites (tertiary alicyclic amines) is 1. The molecule has 3 amide bonds. The van der Waals surface area contributed by atoms with Gasteiger partial charge < -0.3 is 19.7 Å². The minimum Gasteiger partial charge on any atom is -0.497 e. The quantitative estimate of drug-likeness (QED) is 0.506. The average molecular weight is 529 g/mol. The zero-order chi connectivity index (χ0) is 27.2. The largest absolute Gasteiger partial charge is 0.497 e. The summed E-state index contributed by atoms with van der Waals surface area (Å²) in [5.41, 5.74) is 1.28. The number of aromatic nitrogens is 1. The van der Waals surface area contributed by atoms with Crippen LogP contribution in [0.15, 0.2) is 79.1 Å². The summed E-state index contributed by atoms with van der Waals surface area (Å²) in [6.07, 6.45) is 4.52. The van der Waals surface area contributed by atoms with Crippen molar-refractivity contribution in [2.45, 2.75) is 37.6 Å². The highest BCUT2D eigenvalue weighted by atomic mass is 16.5. The zero-order valence-electron chi connectivity index (χ0n) is 21.9. The summed E-state index contributed by atoms with van der Waals surface area (Å²) >= 11 is 0. The molecule has 1 spiro atoms. The van der Waals surface area contributed by atoms with Gasteiger partial charge in [0.25, 0.3) is 5.91 Å². The Morgan fingerprint density at radius 3 is 2.38 bits per heavy atom. The second-order valence-electron chi connectivity index (χ2n) is 9.80. The van der Waals surface area contributed by atoms with Gasteiger partial charge >= 0.3 is 0 Å². The second-order valence-corrected chi connectivity index (χ2v) is 9.80. The lowest BCUT2D eigenvalue weighted by Crippen LogP contribution is -2.59. The number of amides is 3. The summed E-state index contributed by atoms with van der Waals surface area (Å²) in [5.74, 6) is 0.0868. The fourth-order valence-electron chi connectivity index (χ4n) is 5.24. The number of methoxy groups -OCH3 is 1. The van der Waals surface area contributed by atoms with Crippen molar-refractivity contribution in [1.82, 2.24) is 20.1 Å². The van der Waals surface area contributed by atoms with Crippen LogP contribution in [0.2, 0.25) is 0 Å². The van der Waals surface area contributed by atoms with Crippen molar-refractivity contribution in [3.63, 3.8) is 0 Å². The van der Waals surface area contributed by atoms with E-state index in [4.69, 9.17) is 9.47 Å². The third-order valence-electron chi connectivity index (χ3n) is 7.40. The Kier molecular flexibility index (Phi) is 7.88. The Balaban J connectivity index is 1.33. The Hall–Kier alpha value is -4.24. The lowest BCUT2D eigenvalue weighted by Gasteiger charge is -2.44. The van der Waals surface area contributed by atoms with Gasteiger partial charge in [-0.2, -0.15) is 0 Å². The molecule has 2 aromatic carbocycles. The van der Waals surface area contributed by atoms with Crippen molar-refractivity contribution in [3.8, 4) is 5.75 Å². The number of nitrogens with one attached hydrogen (secondary N) is 1. The molecule has 9 heteroatoms. The summed E-state index contributed by atoms with van der Waals surface area (Å²) in [4.78, 5) is 47.8. The van der Waals surface area contributed by atoms with Crippen molar-refractivity contribution in [1.29, 1.82) is 0 Å². The molecule has 0 unspecified atom stereocenters. The summed E-state index contributed by atoms with van der Waals surface area (Å²) in [6.45, 7) is 1.24. The summed E-state index contributed by atoms with van der Waals surface area (Å²) in [5, 5.41) is 2.93. The second kappa shape index (κ2) is 11.7. The van der Waals surface area contributed by atoms with Gasteiger partial charge in [0.15, 0.2) is 0 Å². The molecule has 3 heterocycles. The van der Waals surface area contributed by atoms with Crippen LogP contribution >= 0.6 is 0 Å². The van der Waals surface area contributed by atoms with Crippen LogP contribution in [0.5, 0.6) is 5.75 Å². The minimum atomic E-state index is -0.975. The van der Waals surface area contributed by atoms with Crippen LogP contribution in [0, 0.1) is 0 Å². The number of pyridine rings is 1. The molecule has 2 saturated heterocycles. The van der Waals surface area contributed by atoms with Gasteiger partial charge in [-0.05, 0) is 41.5 Å². The van der Waals surface area contributed by atoms with E-state index in [0.29, 0.717) is 50.2 Å². The fraction of sp³-hybridized carbons (Fsp3) is 0.333. The number of hydrogen-bond acceptors (Lipinski definition) is 6. The number of ether oxygens (including phenoxy) is 2. The number of nitrogens with zero attached hydrogens (tertiary/aromatic N) is 3. The van der Waals surface area contributed by atoms with Crippen LogP contribution in [0.4, 0.5) is 0 Å². The first-order chi connectivity index (χ1) is 19.0. The van der Waals surface area contributed by atoms with Crippen molar-refractivity contribution in [2.75, 3.05) is 26.8 Å². The lowest BCUT2D eigenvalue weighted by atomic mass is 9.96. The molecule has 0 bridgehead atoms. The van der Waals surface area contributed by atoms with Crippen LogP contribution in [-0.4, -0.2) is 71.1 Å². The molecule has 0 aliphatic carbocycles. The maximum atomic E-state index is 13.9.